The second kappa shape index (κ2) is 13.0. The predicted octanol–water partition coefficient (Wildman–Crippen LogP) is 4.56. The Morgan fingerprint density at radius 3 is 2.38 bits per heavy atom. The van der Waals surface area contributed by atoms with Crippen molar-refractivity contribution in [1.29, 1.82) is 5.39 Å². The summed E-state index contributed by atoms with van der Waals surface area (Å²) in [5.74, 6) is -3.10. The van der Waals surface area contributed by atoms with Crippen LogP contribution in [0.4, 0.5) is 0 Å². The zero-order valence-electron chi connectivity index (χ0n) is 23.2. The topological polar surface area (TPSA) is 165 Å². The van der Waals surface area contributed by atoms with E-state index in [4.69, 9.17) is 10.2 Å². The van der Waals surface area contributed by atoms with Crippen LogP contribution in [0.3, 0.4) is 0 Å². The zero-order valence-corrected chi connectivity index (χ0v) is 23.2. The highest BCUT2D eigenvalue weighted by molar-refractivity contribution is 6.04. The lowest BCUT2D eigenvalue weighted by molar-refractivity contribution is -0.145. The molecule has 3 aromatic rings. The molecule has 0 bridgehead atoms. The number of nitrogens with zero attached hydrogens (tertiary/aromatic N) is 3. The van der Waals surface area contributed by atoms with Gasteiger partial charge in [-0.15, -0.1) is 0 Å². The normalized spacial score (nSPS) is 18.0. The number of amides is 2. The van der Waals surface area contributed by atoms with Gasteiger partial charge in [0.05, 0.1) is 18.2 Å². The molecule has 1 heterocycles. The maximum atomic E-state index is 13.8. The minimum absolute atomic E-state index is 0.0107. The first kappa shape index (κ1) is 29.7. The molecule has 2 amide bonds. The van der Waals surface area contributed by atoms with Crippen molar-refractivity contribution in [2.45, 2.75) is 50.8 Å². The van der Waals surface area contributed by atoms with E-state index in [0.29, 0.717) is 17.5 Å². The number of hydrogen-bond acceptors (Lipinski definition) is 7. The van der Waals surface area contributed by atoms with E-state index < -0.39 is 41.7 Å². The molecule has 1 unspecified atom stereocenters. The maximum Gasteiger partial charge on any atom is 0.389 e. The Hall–Kier alpha value is -5.24. The molecule has 0 spiro atoms. The summed E-state index contributed by atoms with van der Waals surface area (Å²) in [5, 5.41) is 40.1. The Kier molecular flexibility index (Phi) is 9.17. The van der Waals surface area contributed by atoms with Crippen molar-refractivity contribution in [1.82, 2.24) is 10.6 Å². The molecule has 3 aromatic carbocycles. The Labute approximate surface area is 242 Å². The van der Waals surface area contributed by atoms with Crippen molar-refractivity contribution < 1.29 is 29.4 Å². The van der Waals surface area contributed by atoms with Crippen LogP contribution in [-0.2, 0) is 20.8 Å². The average Bonchev–Trinajstić information content (AvgIpc) is 3.40. The molecular formula is C31H32N5O6+. The number of aliphatic hydroxyl groups excluding tert-OH is 1. The van der Waals surface area contributed by atoms with E-state index in [1.807, 2.05) is 80.6 Å². The van der Waals surface area contributed by atoms with Crippen LogP contribution in [0.2, 0.25) is 0 Å². The standard InChI is InChI=1S/C31H31N5O6/c1-19(2)28(35-29(40)23-13-12-21-10-6-7-11-22(21)14-23)25-17-31(42-36-25,16-20-8-4-3-5-9-20)30(41)34-24(15-27(38)39)26(37)18-33-32/h3-14,18-19,24,28H,15-17H2,1-2H3,(H3-,34,35,37,38,39,40,41)/p+1/b26-18-/t24-,28-,31?/m0/s1. The lowest BCUT2D eigenvalue weighted by atomic mass is 9.84. The van der Waals surface area contributed by atoms with Crippen LogP contribution in [0.5, 0.6) is 0 Å². The van der Waals surface area contributed by atoms with Crippen molar-refractivity contribution in [3.8, 4) is 0 Å². The molecule has 3 atom stereocenters. The van der Waals surface area contributed by atoms with Gasteiger partial charge in [-0.05, 0) is 34.4 Å². The van der Waals surface area contributed by atoms with Crippen molar-refractivity contribution in [3.63, 3.8) is 0 Å². The molecule has 0 radical (unpaired) electrons. The summed E-state index contributed by atoms with van der Waals surface area (Å²) in [4.78, 5) is 47.1. The summed E-state index contributed by atoms with van der Waals surface area (Å²) in [6.45, 7) is 3.82. The smallest absolute Gasteiger partial charge is 0.389 e. The van der Waals surface area contributed by atoms with Crippen molar-refractivity contribution in [2.75, 3.05) is 0 Å². The number of benzene rings is 3. The van der Waals surface area contributed by atoms with Gasteiger partial charge in [0.2, 0.25) is 16.8 Å². The van der Waals surface area contributed by atoms with Crippen LogP contribution in [0.15, 0.2) is 89.9 Å². The molecule has 4 rings (SSSR count). The van der Waals surface area contributed by atoms with Crippen molar-refractivity contribution in [3.05, 3.63) is 101 Å². The summed E-state index contributed by atoms with van der Waals surface area (Å²) >= 11 is 0. The number of carbonyl (C=O) groups is 3. The number of diazo groups is 1. The van der Waals surface area contributed by atoms with E-state index in [1.54, 1.807) is 6.07 Å². The number of carboxylic acids is 1. The third-order valence-corrected chi connectivity index (χ3v) is 7.11. The van der Waals surface area contributed by atoms with E-state index in [9.17, 15) is 24.6 Å². The summed E-state index contributed by atoms with van der Waals surface area (Å²) in [6, 6.07) is 20.3. The molecule has 1 aliphatic heterocycles. The molecule has 0 aliphatic carbocycles. The van der Waals surface area contributed by atoms with E-state index in [0.717, 1.165) is 16.3 Å². The van der Waals surface area contributed by atoms with Crippen molar-refractivity contribution >= 4 is 34.3 Å². The molecule has 11 nitrogen and oxygen atoms in total. The molecule has 0 saturated heterocycles. The highest BCUT2D eigenvalue weighted by atomic mass is 16.7. The van der Waals surface area contributed by atoms with Gasteiger partial charge in [-0.3, -0.25) is 14.4 Å². The van der Waals surface area contributed by atoms with Gasteiger partial charge < -0.3 is 25.7 Å². The molecule has 1 aliphatic rings. The number of aliphatic carboxylic acids is 1. The summed E-state index contributed by atoms with van der Waals surface area (Å²) in [7, 11) is 0. The highest BCUT2D eigenvalue weighted by Gasteiger charge is 2.49. The van der Waals surface area contributed by atoms with E-state index in [1.165, 1.54) is 0 Å². The Balaban J connectivity index is 1.60. The number of oxime groups is 1. The maximum absolute atomic E-state index is 13.8. The van der Waals surface area contributed by atoms with Gasteiger partial charge in [0.25, 0.3) is 11.8 Å². The van der Waals surface area contributed by atoms with Crippen LogP contribution in [0.1, 0.15) is 42.6 Å². The molecular weight excluding hydrogens is 538 g/mol. The van der Waals surface area contributed by atoms with Crippen LogP contribution in [-0.4, -0.2) is 51.4 Å². The first-order valence-electron chi connectivity index (χ1n) is 13.5. The fourth-order valence-corrected chi connectivity index (χ4v) is 4.93. The van der Waals surface area contributed by atoms with Gasteiger partial charge in [-0.25, -0.2) is 0 Å². The molecule has 11 heteroatoms. The lowest BCUT2D eigenvalue weighted by Gasteiger charge is -2.28. The van der Waals surface area contributed by atoms with Gasteiger partial charge in [0.15, 0.2) is 4.98 Å². The molecule has 0 saturated carbocycles. The second-order valence-corrected chi connectivity index (χ2v) is 10.6. The zero-order chi connectivity index (χ0) is 30.3. The molecule has 4 N–H and O–H groups in total. The van der Waals surface area contributed by atoms with Gasteiger partial charge in [0.1, 0.15) is 6.04 Å². The SMILES string of the molecule is CC(C)[C@H](NC(=O)c1ccc2ccccc2c1)C1=NOC(Cc2ccccc2)(C(=O)N[C@@H](CC(=O)O)/C(O)=C/[N+]#N)C1. The van der Waals surface area contributed by atoms with Gasteiger partial charge in [-0.2, -0.15) is 0 Å². The Morgan fingerprint density at radius 2 is 1.71 bits per heavy atom. The fraction of sp³-hybridized carbons (Fsp3) is 0.290. The number of aliphatic hydroxyl groups is 1. The molecule has 42 heavy (non-hydrogen) atoms. The van der Waals surface area contributed by atoms with E-state index >= 15 is 0 Å². The summed E-state index contributed by atoms with van der Waals surface area (Å²) in [5.41, 5.74) is 0.0564. The van der Waals surface area contributed by atoms with Gasteiger partial charge >= 0.3 is 12.2 Å². The largest absolute Gasteiger partial charge is 0.504 e. The van der Waals surface area contributed by atoms with E-state index in [2.05, 4.69) is 20.8 Å². The fourth-order valence-electron chi connectivity index (χ4n) is 4.93. The molecule has 0 fully saturated rings. The minimum Gasteiger partial charge on any atom is -0.504 e. The summed E-state index contributed by atoms with van der Waals surface area (Å²) < 4.78 is 0. The Bertz CT molecular complexity index is 1580. The highest BCUT2D eigenvalue weighted by Crippen LogP contribution is 2.32. The average molecular weight is 571 g/mol. The first-order valence-corrected chi connectivity index (χ1v) is 13.5. The number of fused-ring (bicyclic) bond motifs is 1. The van der Waals surface area contributed by atoms with Crippen LogP contribution in [0.25, 0.3) is 15.7 Å². The second-order valence-electron chi connectivity index (χ2n) is 10.6. The van der Waals surface area contributed by atoms with Crippen LogP contribution in [0, 0.1) is 11.3 Å². The van der Waals surface area contributed by atoms with Crippen LogP contribution >= 0.6 is 0 Å². The van der Waals surface area contributed by atoms with Crippen molar-refractivity contribution in [2.24, 2.45) is 11.1 Å². The summed E-state index contributed by atoms with van der Waals surface area (Å²) in [6.07, 6.45) is 0.0371. The number of carboxylic acid groups (broad SMARTS) is 1. The van der Waals surface area contributed by atoms with E-state index in [-0.39, 0.29) is 24.7 Å². The first-order chi connectivity index (χ1) is 20.1. The third-order valence-electron chi connectivity index (χ3n) is 7.11. The number of rotatable bonds is 11. The number of nitrogens with one attached hydrogen (secondary N) is 2. The molecule has 0 aromatic heterocycles. The number of hydrogen-bond donors (Lipinski definition) is 4. The third kappa shape index (κ3) is 6.90. The van der Waals surface area contributed by atoms with Crippen LogP contribution < -0.4 is 10.6 Å². The number of carbonyl (C=O) groups excluding carboxylic acids is 2. The quantitative estimate of drug-likeness (QED) is 0.194. The lowest BCUT2D eigenvalue weighted by Crippen LogP contribution is -2.54. The van der Waals surface area contributed by atoms with Gasteiger partial charge in [-0.1, -0.05) is 79.7 Å². The monoisotopic (exact) mass is 570 g/mol. The predicted molar refractivity (Wildman–Crippen MR) is 156 cm³/mol. The minimum atomic E-state index is -1.61. The Morgan fingerprint density at radius 1 is 1.02 bits per heavy atom. The molecule has 216 valence electrons. The van der Waals surface area contributed by atoms with Gasteiger partial charge in [0, 0.05) is 18.4 Å².